The molecule has 212 valence electrons. The van der Waals surface area contributed by atoms with Crippen molar-refractivity contribution in [1.29, 1.82) is 0 Å². The highest BCUT2D eigenvalue weighted by Crippen LogP contribution is 2.71. The van der Waals surface area contributed by atoms with E-state index in [1.54, 1.807) is 5.57 Å². The number of hydrogen-bond acceptors (Lipinski definition) is 2. The molecule has 0 aromatic heterocycles. The standard InChI is InChI=1S/C33H54O2.C2H6/c1-9-24(22(2)3)11-10-12-25-13-14-28-31(25,6)20-17-29-32(7)19-16-27(35-30(34)23(4)5)21-26(32)15-18-33(28,29)8;1-2/h10-11,15,22-25,27-29H,9,12-14,16-21H2,1-8H3;1-2H3/b11-10+;. The molecular formula is C35H60O2. The lowest BCUT2D eigenvalue weighted by Gasteiger charge is -2.63. The van der Waals surface area contributed by atoms with E-state index < -0.39 is 0 Å². The fourth-order valence-corrected chi connectivity index (χ4v) is 9.43. The lowest BCUT2D eigenvalue weighted by molar-refractivity contribution is -0.156. The Morgan fingerprint density at radius 3 is 2.32 bits per heavy atom. The van der Waals surface area contributed by atoms with Crippen molar-refractivity contribution < 1.29 is 9.53 Å². The molecule has 0 saturated heterocycles. The van der Waals surface area contributed by atoms with Crippen molar-refractivity contribution in [2.75, 3.05) is 0 Å². The lowest BCUT2D eigenvalue weighted by atomic mass is 9.41. The van der Waals surface area contributed by atoms with Gasteiger partial charge < -0.3 is 4.74 Å². The second-order valence-electron chi connectivity index (χ2n) is 14.2. The number of carbonyl (C=O) groups is 1. The largest absolute Gasteiger partial charge is 0.462 e. The van der Waals surface area contributed by atoms with Crippen LogP contribution < -0.4 is 0 Å². The van der Waals surface area contributed by atoms with E-state index in [9.17, 15) is 4.79 Å². The molecule has 37 heavy (non-hydrogen) atoms. The summed E-state index contributed by atoms with van der Waals surface area (Å²) < 4.78 is 5.90. The van der Waals surface area contributed by atoms with Crippen molar-refractivity contribution in [3.8, 4) is 0 Å². The van der Waals surface area contributed by atoms with Gasteiger partial charge in [0.15, 0.2) is 0 Å². The van der Waals surface area contributed by atoms with Crippen LogP contribution in [-0.4, -0.2) is 12.1 Å². The Morgan fingerprint density at radius 2 is 1.70 bits per heavy atom. The van der Waals surface area contributed by atoms with Crippen molar-refractivity contribution in [3.05, 3.63) is 23.8 Å². The van der Waals surface area contributed by atoms with Gasteiger partial charge in [-0.2, -0.15) is 0 Å². The summed E-state index contributed by atoms with van der Waals surface area (Å²) in [5.74, 6) is 3.86. The second kappa shape index (κ2) is 12.0. The van der Waals surface area contributed by atoms with Crippen molar-refractivity contribution in [2.45, 2.75) is 140 Å². The van der Waals surface area contributed by atoms with Crippen LogP contribution in [-0.2, 0) is 9.53 Å². The summed E-state index contributed by atoms with van der Waals surface area (Å²) in [6.07, 6.45) is 20.3. The molecule has 0 N–H and O–H groups in total. The van der Waals surface area contributed by atoms with Gasteiger partial charge in [0.25, 0.3) is 0 Å². The smallest absolute Gasteiger partial charge is 0.308 e. The number of rotatable bonds is 7. The molecule has 0 bridgehead atoms. The zero-order valence-corrected chi connectivity index (χ0v) is 26.2. The van der Waals surface area contributed by atoms with E-state index in [0.717, 1.165) is 42.4 Å². The summed E-state index contributed by atoms with van der Waals surface area (Å²) in [5.41, 5.74) is 2.79. The first kappa shape index (κ1) is 30.5. The van der Waals surface area contributed by atoms with E-state index >= 15 is 0 Å². The van der Waals surface area contributed by atoms with Crippen LogP contribution in [0.15, 0.2) is 23.8 Å². The molecule has 0 heterocycles. The van der Waals surface area contributed by atoms with E-state index in [2.05, 4.69) is 59.8 Å². The number of allylic oxidation sites excluding steroid dienone is 3. The fourth-order valence-electron chi connectivity index (χ4n) is 9.43. The first-order chi connectivity index (χ1) is 17.5. The summed E-state index contributed by atoms with van der Waals surface area (Å²) in [4.78, 5) is 12.2. The molecule has 0 aromatic rings. The molecule has 8 atom stereocenters. The van der Waals surface area contributed by atoms with E-state index in [1.165, 1.54) is 51.4 Å². The Kier molecular flexibility index (Phi) is 9.89. The maximum atomic E-state index is 12.2. The maximum absolute atomic E-state index is 12.2. The van der Waals surface area contributed by atoms with Gasteiger partial charge in [-0.25, -0.2) is 0 Å². The predicted molar refractivity (Wildman–Crippen MR) is 158 cm³/mol. The maximum Gasteiger partial charge on any atom is 0.308 e. The molecule has 0 radical (unpaired) electrons. The van der Waals surface area contributed by atoms with Crippen LogP contribution >= 0.6 is 0 Å². The van der Waals surface area contributed by atoms with Crippen LogP contribution in [0, 0.1) is 51.8 Å². The molecule has 2 heteroatoms. The molecule has 8 unspecified atom stereocenters. The van der Waals surface area contributed by atoms with Gasteiger partial charge in [0, 0.05) is 6.42 Å². The van der Waals surface area contributed by atoms with Gasteiger partial charge >= 0.3 is 5.97 Å². The third-order valence-corrected chi connectivity index (χ3v) is 11.7. The molecule has 0 spiro atoms. The van der Waals surface area contributed by atoms with E-state index in [4.69, 9.17) is 4.74 Å². The fraction of sp³-hybridized carbons (Fsp3) is 0.857. The van der Waals surface area contributed by atoms with Crippen LogP contribution in [0.1, 0.15) is 133 Å². The summed E-state index contributed by atoms with van der Waals surface area (Å²) in [5, 5.41) is 0. The highest BCUT2D eigenvalue weighted by atomic mass is 16.5. The van der Waals surface area contributed by atoms with E-state index in [0.29, 0.717) is 16.2 Å². The quantitative estimate of drug-likeness (QED) is 0.250. The molecule has 2 nitrogen and oxygen atoms in total. The molecule has 3 saturated carbocycles. The Balaban J connectivity index is 0.00000186. The summed E-state index contributed by atoms with van der Waals surface area (Å²) in [7, 11) is 0. The lowest BCUT2D eigenvalue weighted by Crippen LogP contribution is -2.56. The first-order valence-electron chi connectivity index (χ1n) is 16.0. The number of hydrogen-bond donors (Lipinski definition) is 0. The third-order valence-electron chi connectivity index (χ3n) is 11.7. The normalized spacial score (nSPS) is 39.8. The predicted octanol–water partition coefficient (Wildman–Crippen LogP) is 10.2. The minimum Gasteiger partial charge on any atom is -0.462 e. The van der Waals surface area contributed by atoms with Crippen LogP contribution in [0.5, 0.6) is 0 Å². The van der Waals surface area contributed by atoms with Crippen molar-refractivity contribution in [3.63, 3.8) is 0 Å². The van der Waals surface area contributed by atoms with Crippen LogP contribution in [0.2, 0.25) is 0 Å². The van der Waals surface area contributed by atoms with Gasteiger partial charge in [-0.1, -0.05) is 93.0 Å². The van der Waals surface area contributed by atoms with Gasteiger partial charge in [-0.3, -0.25) is 4.79 Å². The average Bonchev–Trinajstić information content (AvgIpc) is 3.20. The highest BCUT2D eigenvalue weighted by molar-refractivity contribution is 5.71. The molecule has 0 amide bonds. The minimum atomic E-state index is -0.0358. The molecule has 3 fully saturated rings. The Bertz CT molecular complexity index is 836. The first-order valence-corrected chi connectivity index (χ1v) is 16.0. The zero-order valence-electron chi connectivity index (χ0n) is 26.2. The SMILES string of the molecule is CC.CCC(/C=C/CC1CCC2C1(C)CCC1C3(C)CCC(OC(=O)C(C)C)CC3=CCC12C)C(C)C. The number of esters is 1. The second-order valence-corrected chi connectivity index (χ2v) is 14.2. The molecule has 4 rings (SSSR count). The van der Waals surface area contributed by atoms with E-state index in [1.807, 2.05) is 27.7 Å². The number of fused-ring (bicyclic) bond motifs is 5. The van der Waals surface area contributed by atoms with Crippen molar-refractivity contribution >= 4 is 5.97 Å². The molecule has 0 aliphatic heterocycles. The Hall–Kier alpha value is -1.05. The van der Waals surface area contributed by atoms with Crippen LogP contribution in [0.4, 0.5) is 0 Å². The summed E-state index contributed by atoms with van der Waals surface area (Å²) in [6.45, 7) is 22.8. The molecule has 4 aliphatic carbocycles. The van der Waals surface area contributed by atoms with Crippen LogP contribution in [0.3, 0.4) is 0 Å². The monoisotopic (exact) mass is 512 g/mol. The van der Waals surface area contributed by atoms with Gasteiger partial charge in [-0.15, -0.1) is 0 Å². The van der Waals surface area contributed by atoms with Crippen molar-refractivity contribution in [1.82, 2.24) is 0 Å². The van der Waals surface area contributed by atoms with Gasteiger partial charge in [0.2, 0.25) is 0 Å². The van der Waals surface area contributed by atoms with Gasteiger partial charge in [0.05, 0.1) is 5.92 Å². The average molecular weight is 513 g/mol. The third kappa shape index (κ3) is 5.65. The van der Waals surface area contributed by atoms with E-state index in [-0.39, 0.29) is 18.0 Å². The number of ether oxygens (including phenoxy) is 1. The molecular weight excluding hydrogens is 452 g/mol. The summed E-state index contributed by atoms with van der Waals surface area (Å²) >= 11 is 0. The van der Waals surface area contributed by atoms with Gasteiger partial charge in [0.1, 0.15) is 6.10 Å². The van der Waals surface area contributed by atoms with Crippen LogP contribution in [0.25, 0.3) is 0 Å². The Labute approximate surface area is 230 Å². The summed E-state index contributed by atoms with van der Waals surface area (Å²) in [6, 6.07) is 0. The minimum absolute atomic E-state index is 0.0296. The topological polar surface area (TPSA) is 26.3 Å². The number of carbonyl (C=O) groups excluding carboxylic acids is 1. The molecule has 0 aromatic carbocycles. The Morgan fingerprint density at radius 1 is 1.00 bits per heavy atom. The van der Waals surface area contributed by atoms with Crippen molar-refractivity contribution in [2.24, 2.45) is 51.8 Å². The highest BCUT2D eigenvalue weighted by Gasteiger charge is 2.63. The molecule has 4 aliphatic rings. The van der Waals surface area contributed by atoms with Gasteiger partial charge in [-0.05, 0) is 104 Å². The zero-order chi connectivity index (χ0) is 27.6.